The van der Waals surface area contributed by atoms with E-state index in [2.05, 4.69) is 24.5 Å². The topological polar surface area (TPSA) is 58.2 Å². The molecule has 0 unspecified atom stereocenters. The molecule has 1 saturated carbocycles. The van der Waals surface area contributed by atoms with Gasteiger partial charge in [-0.2, -0.15) is 0 Å². The lowest BCUT2D eigenvalue weighted by atomic mass is 9.98. The first kappa shape index (κ1) is 13.6. The van der Waals surface area contributed by atoms with E-state index in [9.17, 15) is 9.59 Å². The van der Waals surface area contributed by atoms with Crippen LogP contribution < -0.4 is 10.6 Å². The van der Waals surface area contributed by atoms with Crippen LogP contribution >= 0.6 is 0 Å². The number of nitrogens with one attached hydrogen (secondary N) is 2. The molecule has 2 rings (SSSR count). The fraction of sp³-hybridized carbons (Fsp3) is 0.467. The molecule has 0 saturated heterocycles. The molecule has 1 aliphatic rings. The quantitative estimate of drug-likeness (QED) is 0.877. The van der Waals surface area contributed by atoms with Crippen LogP contribution in [-0.2, 0) is 4.79 Å². The lowest BCUT2D eigenvalue weighted by Gasteiger charge is -2.16. The zero-order chi connectivity index (χ0) is 14.0. The van der Waals surface area contributed by atoms with Crippen molar-refractivity contribution >= 4 is 17.6 Å². The maximum Gasteiger partial charge on any atom is 0.325 e. The minimum Gasteiger partial charge on any atom is -0.307 e. The van der Waals surface area contributed by atoms with Gasteiger partial charge in [-0.3, -0.25) is 10.1 Å². The molecule has 3 amide bonds. The summed E-state index contributed by atoms with van der Waals surface area (Å²) in [6, 6.07) is 5.48. The summed E-state index contributed by atoms with van der Waals surface area (Å²) in [4.78, 5) is 23.4. The first-order chi connectivity index (χ1) is 8.99. The normalized spacial score (nSPS) is 14.3. The third kappa shape index (κ3) is 3.34. The smallest absolute Gasteiger partial charge is 0.307 e. The Morgan fingerprint density at radius 1 is 1.26 bits per heavy atom. The molecule has 0 radical (unpaired) electrons. The predicted octanol–water partition coefficient (Wildman–Crippen LogP) is 3.18. The number of urea groups is 1. The van der Waals surface area contributed by atoms with Crippen molar-refractivity contribution in [2.45, 2.75) is 39.5 Å². The Morgan fingerprint density at radius 3 is 2.53 bits per heavy atom. The maximum absolute atomic E-state index is 11.8. The first-order valence-corrected chi connectivity index (χ1v) is 6.70. The molecule has 0 heterocycles. The summed E-state index contributed by atoms with van der Waals surface area (Å²) in [5.41, 5.74) is 2.88. The Bertz CT molecular complexity index is 505. The van der Waals surface area contributed by atoms with Gasteiger partial charge in [0.25, 0.3) is 0 Å². The van der Waals surface area contributed by atoms with Crippen LogP contribution in [0.15, 0.2) is 18.2 Å². The minimum atomic E-state index is -0.437. The minimum absolute atomic E-state index is 0.0344. The summed E-state index contributed by atoms with van der Waals surface area (Å²) in [7, 11) is 0. The number of carbonyl (C=O) groups is 2. The number of carbonyl (C=O) groups excluding carboxylic acids is 2. The van der Waals surface area contributed by atoms with Gasteiger partial charge in [-0.1, -0.05) is 32.0 Å². The van der Waals surface area contributed by atoms with Crippen LogP contribution in [0.3, 0.4) is 0 Å². The van der Waals surface area contributed by atoms with Crippen molar-refractivity contribution < 1.29 is 9.59 Å². The van der Waals surface area contributed by atoms with Gasteiger partial charge < -0.3 is 5.32 Å². The van der Waals surface area contributed by atoms with Crippen molar-refractivity contribution in [3.63, 3.8) is 0 Å². The number of rotatable bonds is 3. The highest BCUT2D eigenvalue weighted by atomic mass is 16.2. The van der Waals surface area contributed by atoms with Crippen LogP contribution in [-0.4, -0.2) is 11.9 Å². The lowest BCUT2D eigenvalue weighted by Crippen LogP contribution is -2.35. The van der Waals surface area contributed by atoms with E-state index >= 15 is 0 Å². The van der Waals surface area contributed by atoms with Gasteiger partial charge >= 0.3 is 6.03 Å². The van der Waals surface area contributed by atoms with Crippen LogP contribution in [0.1, 0.15) is 43.7 Å². The molecule has 1 aromatic carbocycles. The highest BCUT2D eigenvalue weighted by molar-refractivity contribution is 6.03. The number of benzene rings is 1. The second-order valence-corrected chi connectivity index (χ2v) is 5.41. The van der Waals surface area contributed by atoms with E-state index in [1.807, 2.05) is 25.1 Å². The molecule has 4 nitrogen and oxygen atoms in total. The summed E-state index contributed by atoms with van der Waals surface area (Å²) in [5.74, 6) is 0.179. The van der Waals surface area contributed by atoms with Gasteiger partial charge in [-0.05, 0) is 36.8 Å². The van der Waals surface area contributed by atoms with E-state index in [4.69, 9.17) is 0 Å². The van der Waals surface area contributed by atoms with Crippen molar-refractivity contribution in [3.8, 4) is 0 Å². The van der Waals surface area contributed by atoms with Gasteiger partial charge in [0.1, 0.15) is 0 Å². The van der Waals surface area contributed by atoms with E-state index < -0.39 is 6.03 Å². The summed E-state index contributed by atoms with van der Waals surface area (Å²) in [6.07, 6.45) is 1.78. The second kappa shape index (κ2) is 5.43. The Kier molecular flexibility index (Phi) is 3.88. The molecule has 0 aromatic heterocycles. The number of imide groups is 1. The largest absolute Gasteiger partial charge is 0.325 e. The van der Waals surface area contributed by atoms with Gasteiger partial charge in [0.15, 0.2) is 0 Å². The monoisotopic (exact) mass is 260 g/mol. The van der Waals surface area contributed by atoms with E-state index in [1.54, 1.807) is 0 Å². The highest BCUT2D eigenvalue weighted by Crippen LogP contribution is 2.29. The number of amides is 3. The Hall–Kier alpha value is -1.84. The number of hydrogen-bond donors (Lipinski definition) is 2. The van der Waals surface area contributed by atoms with Crippen LogP contribution in [0.2, 0.25) is 0 Å². The van der Waals surface area contributed by atoms with Crippen molar-refractivity contribution in [1.82, 2.24) is 5.32 Å². The van der Waals surface area contributed by atoms with Crippen molar-refractivity contribution in [2.24, 2.45) is 5.92 Å². The molecule has 0 atom stereocenters. The second-order valence-electron chi connectivity index (χ2n) is 5.41. The highest BCUT2D eigenvalue weighted by Gasteiger charge is 2.30. The maximum atomic E-state index is 11.8. The fourth-order valence-corrected chi connectivity index (χ4v) is 2.05. The summed E-state index contributed by atoms with van der Waals surface area (Å²) in [6.45, 7) is 6.10. The molecule has 19 heavy (non-hydrogen) atoms. The first-order valence-electron chi connectivity index (χ1n) is 6.70. The van der Waals surface area contributed by atoms with Gasteiger partial charge in [0, 0.05) is 11.6 Å². The molecular formula is C15H20N2O2. The average Bonchev–Trinajstić information content (AvgIpc) is 3.15. The standard InChI is InChI=1S/C15H20N2O2/c1-9(2)12-6-4-5-10(3)13(12)16-15(19)17-14(18)11-7-8-11/h4-6,9,11H,7-8H2,1-3H3,(H2,16,17,18,19). The lowest BCUT2D eigenvalue weighted by molar-refractivity contribution is -0.121. The van der Waals surface area contributed by atoms with E-state index in [1.165, 1.54) is 0 Å². The van der Waals surface area contributed by atoms with Crippen LogP contribution in [0.5, 0.6) is 0 Å². The number of hydrogen-bond acceptors (Lipinski definition) is 2. The SMILES string of the molecule is Cc1cccc(C(C)C)c1NC(=O)NC(=O)C1CC1. The molecule has 0 aliphatic heterocycles. The van der Waals surface area contributed by atoms with E-state index in [0.29, 0.717) is 5.92 Å². The molecule has 0 spiro atoms. The molecule has 102 valence electrons. The summed E-state index contributed by atoms with van der Waals surface area (Å²) < 4.78 is 0. The van der Waals surface area contributed by atoms with Crippen LogP contribution in [0.4, 0.5) is 10.5 Å². The number of anilines is 1. The zero-order valence-corrected chi connectivity index (χ0v) is 11.6. The van der Waals surface area contributed by atoms with Gasteiger partial charge in [0.05, 0.1) is 0 Å². The van der Waals surface area contributed by atoms with Crippen LogP contribution in [0, 0.1) is 12.8 Å². The van der Waals surface area contributed by atoms with Gasteiger partial charge in [0.2, 0.25) is 5.91 Å². The Morgan fingerprint density at radius 2 is 1.95 bits per heavy atom. The Balaban J connectivity index is 2.09. The van der Waals surface area contributed by atoms with Crippen molar-refractivity contribution in [2.75, 3.05) is 5.32 Å². The number of para-hydroxylation sites is 1. The van der Waals surface area contributed by atoms with Gasteiger partial charge in [-0.25, -0.2) is 4.79 Å². The zero-order valence-electron chi connectivity index (χ0n) is 11.6. The molecule has 1 aliphatic carbocycles. The molecular weight excluding hydrogens is 240 g/mol. The predicted molar refractivity (Wildman–Crippen MR) is 75.2 cm³/mol. The molecule has 2 N–H and O–H groups in total. The molecule has 1 aromatic rings. The average molecular weight is 260 g/mol. The number of aryl methyl sites for hydroxylation is 1. The van der Waals surface area contributed by atoms with Crippen molar-refractivity contribution in [3.05, 3.63) is 29.3 Å². The molecule has 0 bridgehead atoms. The third-order valence-electron chi connectivity index (χ3n) is 3.35. The molecule has 4 heteroatoms. The van der Waals surface area contributed by atoms with E-state index in [0.717, 1.165) is 29.7 Å². The molecule has 1 fully saturated rings. The van der Waals surface area contributed by atoms with Gasteiger partial charge in [-0.15, -0.1) is 0 Å². The van der Waals surface area contributed by atoms with Crippen molar-refractivity contribution in [1.29, 1.82) is 0 Å². The third-order valence-corrected chi connectivity index (χ3v) is 3.35. The Labute approximate surface area is 113 Å². The van der Waals surface area contributed by atoms with E-state index in [-0.39, 0.29) is 11.8 Å². The summed E-state index contributed by atoms with van der Waals surface area (Å²) >= 11 is 0. The van der Waals surface area contributed by atoms with Crippen LogP contribution in [0.25, 0.3) is 0 Å². The summed E-state index contributed by atoms with van der Waals surface area (Å²) in [5, 5.41) is 5.20. The fourth-order valence-electron chi connectivity index (χ4n) is 2.05.